The molecular weight excluding hydrogens is 245 g/mol. The topological polar surface area (TPSA) is 32.3 Å². The lowest BCUT2D eigenvalue weighted by molar-refractivity contribution is -0.150. The SMILES string of the molecule is CC1CNCCN1C(=O)CCC(F)(F)F.Cl. The minimum atomic E-state index is -4.24. The Morgan fingerprint density at radius 3 is 2.62 bits per heavy atom. The Labute approximate surface area is 98.8 Å². The van der Waals surface area contributed by atoms with Gasteiger partial charge in [0.25, 0.3) is 0 Å². The Morgan fingerprint density at radius 1 is 1.50 bits per heavy atom. The average Bonchev–Trinajstić information content (AvgIpc) is 2.14. The lowest BCUT2D eigenvalue weighted by Crippen LogP contribution is -2.52. The molecule has 1 unspecified atom stereocenters. The second-order valence-electron chi connectivity index (χ2n) is 3.76. The van der Waals surface area contributed by atoms with Crippen LogP contribution in [0.3, 0.4) is 0 Å². The van der Waals surface area contributed by atoms with E-state index >= 15 is 0 Å². The maximum Gasteiger partial charge on any atom is 0.389 e. The molecule has 1 N–H and O–H groups in total. The first-order valence-corrected chi connectivity index (χ1v) is 4.97. The molecule has 0 spiro atoms. The number of hydrogen-bond donors (Lipinski definition) is 1. The lowest BCUT2D eigenvalue weighted by Gasteiger charge is -2.34. The van der Waals surface area contributed by atoms with Crippen molar-refractivity contribution in [2.45, 2.75) is 32.0 Å². The molecule has 0 saturated carbocycles. The van der Waals surface area contributed by atoms with Gasteiger partial charge < -0.3 is 10.2 Å². The minimum Gasteiger partial charge on any atom is -0.337 e. The van der Waals surface area contributed by atoms with Crippen LogP contribution < -0.4 is 5.32 Å². The van der Waals surface area contributed by atoms with Crippen LogP contribution in [0.2, 0.25) is 0 Å². The summed E-state index contributed by atoms with van der Waals surface area (Å²) >= 11 is 0. The summed E-state index contributed by atoms with van der Waals surface area (Å²) in [6.07, 6.45) is -5.71. The maximum atomic E-state index is 11.9. The quantitative estimate of drug-likeness (QED) is 0.817. The van der Waals surface area contributed by atoms with Crippen LogP contribution in [0.1, 0.15) is 19.8 Å². The third kappa shape index (κ3) is 5.03. The van der Waals surface area contributed by atoms with E-state index in [0.717, 1.165) is 0 Å². The Hall–Kier alpha value is -0.490. The molecule has 7 heteroatoms. The Morgan fingerprint density at radius 2 is 2.12 bits per heavy atom. The van der Waals surface area contributed by atoms with E-state index in [-0.39, 0.29) is 18.4 Å². The van der Waals surface area contributed by atoms with Crippen LogP contribution in [0.4, 0.5) is 13.2 Å². The fourth-order valence-electron chi connectivity index (χ4n) is 1.60. The zero-order chi connectivity index (χ0) is 11.5. The largest absolute Gasteiger partial charge is 0.389 e. The van der Waals surface area contributed by atoms with Gasteiger partial charge in [0.15, 0.2) is 0 Å². The van der Waals surface area contributed by atoms with Gasteiger partial charge in [-0.2, -0.15) is 13.2 Å². The lowest BCUT2D eigenvalue weighted by atomic mass is 10.2. The van der Waals surface area contributed by atoms with Crippen molar-refractivity contribution < 1.29 is 18.0 Å². The van der Waals surface area contributed by atoms with Crippen molar-refractivity contribution >= 4 is 18.3 Å². The van der Waals surface area contributed by atoms with Crippen molar-refractivity contribution in [2.75, 3.05) is 19.6 Å². The number of carbonyl (C=O) groups excluding carboxylic acids is 1. The van der Waals surface area contributed by atoms with Gasteiger partial charge in [0.1, 0.15) is 0 Å². The molecule has 1 amide bonds. The summed E-state index contributed by atoms with van der Waals surface area (Å²) in [6.45, 7) is 3.63. The predicted octanol–water partition coefficient (Wildman–Crippen LogP) is 1.57. The molecule has 0 aliphatic carbocycles. The molecule has 3 nitrogen and oxygen atoms in total. The van der Waals surface area contributed by atoms with E-state index < -0.39 is 24.9 Å². The van der Waals surface area contributed by atoms with Gasteiger partial charge in [-0.1, -0.05) is 0 Å². The highest BCUT2D eigenvalue weighted by atomic mass is 35.5. The summed E-state index contributed by atoms with van der Waals surface area (Å²) < 4.78 is 35.7. The number of carbonyl (C=O) groups is 1. The summed E-state index contributed by atoms with van der Waals surface area (Å²) in [6, 6.07) is -0.0144. The van der Waals surface area contributed by atoms with E-state index in [1.807, 2.05) is 6.92 Å². The predicted molar refractivity (Wildman–Crippen MR) is 56.6 cm³/mol. The number of nitrogens with zero attached hydrogens (tertiary/aromatic N) is 1. The summed E-state index contributed by atoms with van der Waals surface area (Å²) in [5.74, 6) is -0.402. The molecule has 16 heavy (non-hydrogen) atoms. The van der Waals surface area contributed by atoms with Crippen molar-refractivity contribution in [3.63, 3.8) is 0 Å². The molecule has 1 saturated heterocycles. The van der Waals surface area contributed by atoms with Crippen LogP contribution in [0.25, 0.3) is 0 Å². The molecule has 1 aliphatic rings. The van der Waals surface area contributed by atoms with Gasteiger partial charge >= 0.3 is 6.18 Å². The monoisotopic (exact) mass is 260 g/mol. The molecule has 1 rings (SSSR count). The zero-order valence-corrected chi connectivity index (χ0v) is 9.83. The van der Waals surface area contributed by atoms with Crippen molar-refractivity contribution in [3.8, 4) is 0 Å². The highest BCUT2D eigenvalue weighted by molar-refractivity contribution is 5.85. The van der Waals surface area contributed by atoms with Gasteiger partial charge in [-0.15, -0.1) is 12.4 Å². The Balaban J connectivity index is 0.00000225. The maximum absolute atomic E-state index is 11.9. The summed E-state index contributed by atoms with van der Waals surface area (Å²) in [5.41, 5.74) is 0. The van der Waals surface area contributed by atoms with Crippen LogP contribution in [-0.4, -0.2) is 42.7 Å². The van der Waals surface area contributed by atoms with E-state index in [9.17, 15) is 18.0 Å². The van der Waals surface area contributed by atoms with Gasteiger partial charge in [0.05, 0.1) is 6.42 Å². The second kappa shape index (κ2) is 6.30. The molecule has 96 valence electrons. The first-order valence-electron chi connectivity index (χ1n) is 4.97. The third-order valence-corrected chi connectivity index (χ3v) is 2.44. The number of halogens is 4. The number of piperazine rings is 1. The fraction of sp³-hybridized carbons (Fsp3) is 0.889. The number of amides is 1. The number of alkyl halides is 3. The fourth-order valence-corrected chi connectivity index (χ4v) is 1.60. The van der Waals surface area contributed by atoms with Crippen LogP contribution in [0, 0.1) is 0 Å². The smallest absolute Gasteiger partial charge is 0.337 e. The van der Waals surface area contributed by atoms with Crippen molar-refractivity contribution in [3.05, 3.63) is 0 Å². The van der Waals surface area contributed by atoms with Crippen LogP contribution in [0.15, 0.2) is 0 Å². The van der Waals surface area contributed by atoms with Gasteiger partial charge in [0, 0.05) is 32.1 Å². The Bertz CT molecular complexity index is 235. The van der Waals surface area contributed by atoms with Crippen LogP contribution >= 0.6 is 12.4 Å². The van der Waals surface area contributed by atoms with E-state index in [2.05, 4.69) is 5.32 Å². The van der Waals surface area contributed by atoms with E-state index in [1.54, 1.807) is 0 Å². The molecule has 0 bridgehead atoms. The molecule has 1 heterocycles. The Kier molecular flexibility index (Phi) is 6.10. The summed E-state index contributed by atoms with van der Waals surface area (Å²) in [5, 5.41) is 3.08. The molecule has 0 aromatic rings. The van der Waals surface area contributed by atoms with Gasteiger partial charge in [-0.05, 0) is 6.92 Å². The first kappa shape index (κ1) is 15.5. The van der Waals surface area contributed by atoms with E-state index in [1.165, 1.54) is 4.90 Å². The average molecular weight is 261 g/mol. The molecule has 1 aliphatic heterocycles. The van der Waals surface area contributed by atoms with Crippen LogP contribution in [-0.2, 0) is 4.79 Å². The number of nitrogens with one attached hydrogen (secondary N) is 1. The molecule has 0 aromatic heterocycles. The zero-order valence-electron chi connectivity index (χ0n) is 9.01. The highest BCUT2D eigenvalue weighted by Crippen LogP contribution is 2.22. The van der Waals surface area contributed by atoms with E-state index in [0.29, 0.717) is 19.6 Å². The van der Waals surface area contributed by atoms with E-state index in [4.69, 9.17) is 0 Å². The summed E-state index contributed by atoms with van der Waals surface area (Å²) in [7, 11) is 0. The normalized spacial score (nSPS) is 21.5. The number of rotatable bonds is 2. The highest BCUT2D eigenvalue weighted by Gasteiger charge is 2.30. The van der Waals surface area contributed by atoms with Crippen molar-refractivity contribution in [2.24, 2.45) is 0 Å². The minimum absolute atomic E-state index is 0. The van der Waals surface area contributed by atoms with Crippen LogP contribution in [0.5, 0.6) is 0 Å². The van der Waals surface area contributed by atoms with Gasteiger partial charge in [-0.25, -0.2) is 0 Å². The number of hydrogen-bond acceptors (Lipinski definition) is 2. The molecule has 1 fully saturated rings. The summed E-state index contributed by atoms with van der Waals surface area (Å²) in [4.78, 5) is 13.0. The molecule has 1 atom stereocenters. The molecular formula is C9H16ClF3N2O. The standard InChI is InChI=1S/C9H15F3N2O.ClH/c1-7-6-13-4-5-14(7)8(15)2-3-9(10,11)12;/h7,13H,2-6H2,1H3;1H. The third-order valence-electron chi connectivity index (χ3n) is 2.44. The first-order chi connectivity index (χ1) is 6.90. The molecule has 0 aromatic carbocycles. The van der Waals surface area contributed by atoms with Gasteiger partial charge in [-0.3, -0.25) is 4.79 Å². The molecule has 0 radical (unpaired) electrons. The van der Waals surface area contributed by atoms with Crippen molar-refractivity contribution in [1.82, 2.24) is 10.2 Å². The van der Waals surface area contributed by atoms with Gasteiger partial charge in [0.2, 0.25) is 5.91 Å². The van der Waals surface area contributed by atoms with Crippen molar-refractivity contribution in [1.29, 1.82) is 0 Å². The second-order valence-corrected chi connectivity index (χ2v) is 3.76.